The largest absolute Gasteiger partial charge is 0.497 e. The number of nitrogens with one attached hydrogen (secondary N) is 1. The molecule has 0 spiro atoms. The van der Waals surface area contributed by atoms with Crippen LogP contribution in [0.2, 0.25) is 0 Å². The number of hydrogen-bond donors (Lipinski definition) is 1. The van der Waals surface area contributed by atoms with Crippen molar-refractivity contribution in [2.75, 3.05) is 39.7 Å². The second-order valence-corrected chi connectivity index (χ2v) is 11.0. The van der Waals surface area contributed by atoms with E-state index in [4.69, 9.17) is 14.2 Å². The average Bonchev–Trinajstić information content (AvgIpc) is 3.45. The molecule has 0 aliphatic carbocycles. The summed E-state index contributed by atoms with van der Waals surface area (Å²) in [7, 11) is 4.78. The lowest BCUT2D eigenvalue weighted by atomic mass is 10.1. The molecular weight excluding hydrogens is 608 g/mol. The highest BCUT2D eigenvalue weighted by atomic mass is 79.9. The minimum Gasteiger partial charge on any atom is -0.497 e. The molecule has 2 amide bonds. The number of aromatic nitrogens is 2. The van der Waals surface area contributed by atoms with E-state index in [1.54, 1.807) is 26.2 Å². The first-order valence-corrected chi connectivity index (χ1v) is 14.5. The van der Waals surface area contributed by atoms with E-state index >= 15 is 0 Å². The summed E-state index contributed by atoms with van der Waals surface area (Å²) < 4.78 is 16.9. The van der Waals surface area contributed by atoms with Gasteiger partial charge in [-0.05, 0) is 53.9 Å². The maximum absolute atomic E-state index is 13.4. The molecule has 0 saturated carbocycles. The molecule has 0 saturated heterocycles. The van der Waals surface area contributed by atoms with Crippen LogP contribution in [-0.2, 0) is 22.4 Å². The molecule has 41 heavy (non-hydrogen) atoms. The molecule has 11 heteroatoms. The summed E-state index contributed by atoms with van der Waals surface area (Å²) in [6, 6.07) is 20.8. The zero-order chi connectivity index (χ0) is 29.2. The molecule has 0 fully saturated rings. The van der Waals surface area contributed by atoms with Gasteiger partial charge in [-0.1, -0.05) is 57.6 Å². The van der Waals surface area contributed by atoms with Crippen LogP contribution in [0, 0.1) is 0 Å². The highest BCUT2D eigenvalue weighted by Gasteiger charge is 2.18. The van der Waals surface area contributed by atoms with Crippen molar-refractivity contribution in [1.82, 2.24) is 15.1 Å². The Hall–Kier alpha value is -3.96. The molecule has 4 aromatic rings. The summed E-state index contributed by atoms with van der Waals surface area (Å²) in [6.07, 6.45) is 0.918. The predicted molar refractivity (Wildman–Crippen MR) is 163 cm³/mol. The second-order valence-electron chi connectivity index (χ2n) is 9.06. The molecule has 1 N–H and O–H groups in total. The molecular formula is C30H31BrN4O5S. The van der Waals surface area contributed by atoms with E-state index in [-0.39, 0.29) is 31.2 Å². The predicted octanol–water partition coefficient (Wildman–Crippen LogP) is 5.64. The van der Waals surface area contributed by atoms with Gasteiger partial charge in [0, 0.05) is 29.5 Å². The Morgan fingerprint density at radius 2 is 1.56 bits per heavy atom. The van der Waals surface area contributed by atoms with Crippen LogP contribution < -0.4 is 19.5 Å². The third-order valence-corrected chi connectivity index (χ3v) is 7.77. The first kappa shape index (κ1) is 30.0. The van der Waals surface area contributed by atoms with Gasteiger partial charge in [0.1, 0.15) is 10.8 Å². The van der Waals surface area contributed by atoms with Gasteiger partial charge >= 0.3 is 0 Å². The fourth-order valence-electron chi connectivity index (χ4n) is 4.09. The van der Waals surface area contributed by atoms with E-state index < -0.39 is 0 Å². The Balaban J connectivity index is 1.40. The van der Waals surface area contributed by atoms with Gasteiger partial charge in [0.15, 0.2) is 11.5 Å². The van der Waals surface area contributed by atoms with Crippen molar-refractivity contribution in [3.05, 3.63) is 82.3 Å². The number of hydrogen-bond acceptors (Lipinski definition) is 8. The quantitative estimate of drug-likeness (QED) is 0.202. The molecule has 4 rings (SSSR count). The molecule has 0 aliphatic rings. The van der Waals surface area contributed by atoms with Gasteiger partial charge in [-0.3, -0.25) is 9.59 Å². The Labute approximate surface area is 251 Å². The third kappa shape index (κ3) is 8.51. The third-order valence-electron chi connectivity index (χ3n) is 6.36. The van der Waals surface area contributed by atoms with Gasteiger partial charge in [-0.25, -0.2) is 0 Å². The minimum absolute atomic E-state index is 0.0723. The van der Waals surface area contributed by atoms with Gasteiger partial charge in [0.05, 0.1) is 27.8 Å². The monoisotopic (exact) mass is 638 g/mol. The highest BCUT2D eigenvalue weighted by Crippen LogP contribution is 2.29. The van der Waals surface area contributed by atoms with E-state index in [1.807, 2.05) is 66.7 Å². The van der Waals surface area contributed by atoms with Crippen molar-refractivity contribution in [1.29, 1.82) is 0 Å². The lowest BCUT2D eigenvalue weighted by Crippen LogP contribution is -2.36. The first-order valence-electron chi connectivity index (χ1n) is 12.9. The van der Waals surface area contributed by atoms with E-state index in [2.05, 4.69) is 31.4 Å². The number of carbonyl (C=O) groups excluding carboxylic acids is 2. The summed E-state index contributed by atoms with van der Waals surface area (Å²) in [5, 5.41) is 12.2. The molecule has 0 bridgehead atoms. The number of anilines is 1. The number of rotatable bonds is 13. The maximum Gasteiger partial charge on any atom is 0.227 e. The van der Waals surface area contributed by atoms with Crippen LogP contribution in [0.25, 0.3) is 10.6 Å². The topological polar surface area (TPSA) is 103 Å². The molecule has 1 aromatic heterocycles. The number of benzene rings is 3. The molecule has 3 aromatic carbocycles. The average molecular weight is 640 g/mol. The normalized spacial score (nSPS) is 10.6. The zero-order valence-corrected chi connectivity index (χ0v) is 25.5. The molecule has 1 heterocycles. The number of nitrogens with zero attached hydrogens (tertiary/aromatic N) is 3. The van der Waals surface area contributed by atoms with Gasteiger partial charge in [-0.2, -0.15) is 0 Å². The van der Waals surface area contributed by atoms with Crippen LogP contribution in [-0.4, -0.2) is 61.3 Å². The van der Waals surface area contributed by atoms with Gasteiger partial charge in [0.25, 0.3) is 0 Å². The molecule has 9 nitrogen and oxygen atoms in total. The van der Waals surface area contributed by atoms with Crippen LogP contribution >= 0.6 is 27.3 Å². The lowest BCUT2D eigenvalue weighted by molar-refractivity contribution is -0.130. The van der Waals surface area contributed by atoms with Crippen LogP contribution in [0.4, 0.5) is 5.13 Å². The standard InChI is InChI=1S/C30H31BrN4O5S/c1-38-24-11-4-20(5-12-24)19-28(37)35(16-14-21-6-13-25(39-2)26(18-21)40-3)17-15-27(36)32-30-34-33-29(41-30)22-7-9-23(31)10-8-22/h4-13,18H,14-17,19H2,1-3H3,(H,32,34,36). The van der Waals surface area contributed by atoms with E-state index in [0.717, 1.165) is 26.9 Å². The molecule has 0 atom stereocenters. The summed E-state index contributed by atoms with van der Waals surface area (Å²) in [4.78, 5) is 27.9. The van der Waals surface area contributed by atoms with E-state index in [0.29, 0.717) is 34.6 Å². The van der Waals surface area contributed by atoms with E-state index in [9.17, 15) is 9.59 Å². The van der Waals surface area contributed by atoms with Crippen LogP contribution in [0.15, 0.2) is 71.2 Å². The van der Waals surface area contributed by atoms with Crippen molar-refractivity contribution in [3.63, 3.8) is 0 Å². The molecule has 214 valence electrons. The van der Waals surface area contributed by atoms with Gasteiger partial charge < -0.3 is 24.4 Å². The Morgan fingerprint density at radius 3 is 2.24 bits per heavy atom. The van der Waals surface area contributed by atoms with Crippen LogP contribution in [0.3, 0.4) is 0 Å². The van der Waals surface area contributed by atoms with Crippen molar-refractivity contribution >= 4 is 44.2 Å². The lowest BCUT2D eigenvalue weighted by Gasteiger charge is -2.23. The Kier molecular flexibility index (Phi) is 10.7. The van der Waals surface area contributed by atoms with Crippen molar-refractivity contribution in [2.45, 2.75) is 19.3 Å². The first-order chi connectivity index (χ1) is 19.9. The fourth-order valence-corrected chi connectivity index (χ4v) is 5.12. The van der Waals surface area contributed by atoms with E-state index in [1.165, 1.54) is 11.3 Å². The summed E-state index contributed by atoms with van der Waals surface area (Å²) in [6.45, 7) is 0.691. The number of halogens is 1. The molecule has 0 unspecified atom stereocenters. The van der Waals surface area contributed by atoms with Crippen molar-refractivity contribution < 1.29 is 23.8 Å². The second kappa shape index (κ2) is 14.6. The maximum atomic E-state index is 13.4. The van der Waals surface area contributed by atoms with Gasteiger partial charge in [-0.15, -0.1) is 10.2 Å². The van der Waals surface area contributed by atoms with Crippen molar-refractivity contribution in [2.24, 2.45) is 0 Å². The summed E-state index contributed by atoms with van der Waals surface area (Å²) in [5.74, 6) is 1.68. The SMILES string of the molecule is COc1ccc(CC(=O)N(CCC(=O)Nc2nnc(-c3ccc(Br)cc3)s2)CCc2ccc(OC)c(OC)c2)cc1. The number of carbonyl (C=O) groups is 2. The smallest absolute Gasteiger partial charge is 0.227 e. The van der Waals surface area contributed by atoms with Gasteiger partial charge in [0.2, 0.25) is 16.9 Å². The fraction of sp³-hybridized carbons (Fsp3) is 0.267. The van der Waals surface area contributed by atoms with Crippen molar-refractivity contribution in [3.8, 4) is 27.8 Å². The molecule has 0 aliphatic heterocycles. The highest BCUT2D eigenvalue weighted by molar-refractivity contribution is 9.10. The minimum atomic E-state index is -0.239. The number of methoxy groups -OCH3 is 3. The number of ether oxygens (including phenoxy) is 3. The number of amides is 2. The van der Waals surface area contributed by atoms with Crippen LogP contribution in [0.1, 0.15) is 17.5 Å². The Morgan fingerprint density at radius 1 is 0.854 bits per heavy atom. The van der Waals surface area contributed by atoms with Crippen LogP contribution in [0.5, 0.6) is 17.2 Å². The summed E-state index contributed by atoms with van der Waals surface area (Å²) in [5.41, 5.74) is 2.77. The summed E-state index contributed by atoms with van der Waals surface area (Å²) >= 11 is 4.72. The molecule has 0 radical (unpaired) electrons. The zero-order valence-electron chi connectivity index (χ0n) is 23.1. The Bertz CT molecular complexity index is 1460.